The normalized spacial score (nSPS) is 13.9. The van der Waals surface area contributed by atoms with Crippen molar-refractivity contribution in [2.24, 2.45) is 11.8 Å². The highest BCUT2D eigenvalue weighted by molar-refractivity contribution is 5.87. The van der Waals surface area contributed by atoms with Crippen LogP contribution in [0.3, 0.4) is 0 Å². The van der Waals surface area contributed by atoms with Gasteiger partial charge in [-0.25, -0.2) is 5.01 Å². The van der Waals surface area contributed by atoms with Crippen molar-refractivity contribution in [1.29, 1.82) is 0 Å². The molecule has 0 saturated carbocycles. The van der Waals surface area contributed by atoms with Crippen molar-refractivity contribution in [1.82, 2.24) is 26.4 Å². The number of ether oxygens (including phenoxy) is 2. The van der Waals surface area contributed by atoms with Gasteiger partial charge in [0.15, 0.2) is 0 Å². The van der Waals surface area contributed by atoms with Crippen LogP contribution in [0.5, 0.6) is 5.75 Å². The summed E-state index contributed by atoms with van der Waals surface area (Å²) in [6.07, 6.45) is -0.888. The first kappa shape index (κ1) is 38.2. The van der Waals surface area contributed by atoms with Crippen molar-refractivity contribution in [3.8, 4) is 5.75 Å². The highest BCUT2D eigenvalue weighted by atomic mass is 16.5. The molecule has 0 saturated heterocycles. The smallest absolute Gasteiger partial charge is 0.257 e. The molecule has 46 heavy (non-hydrogen) atoms. The summed E-state index contributed by atoms with van der Waals surface area (Å²) in [5.74, 6) is -1.12. The van der Waals surface area contributed by atoms with Gasteiger partial charge in [0, 0.05) is 34.0 Å². The fourth-order valence-electron chi connectivity index (χ4n) is 4.82. The lowest BCUT2D eigenvalue weighted by atomic mass is 9.97. The minimum atomic E-state index is -1.05. The molecule has 254 valence electrons. The van der Waals surface area contributed by atoms with Crippen LogP contribution in [0.1, 0.15) is 65.1 Å². The molecule has 0 spiro atoms. The van der Waals surface area contributed by atoms with E-state index >= 15 is 0 Å². The van der Waals surface area contributed by atoms with E-state index < -0.39 is 30.1 Å². The van der Waals surface area contributed by atoms with E-state index in [4.69, 9.17) is 9.47 Å². The number of hydrazine groups is 1. The Bertz CT molecular complexity index is 1240. The monoisotopic (exact) mass is 641 g/mol. The number of benzene rings is 2. The van der Waals surface area contributed by atoms with Crippen LogP contribution in [0, 0.1) is 11.8 Å². The zero-order valence-corrected chi connectivity index (χ0v) is 28.0. The van der Waals surface area contributed by atoms with E-state index in [1.54, 1.807) is 12.1 Å². The maximum Gasteiger partial charge on any atom is 0.257 e. The maximum atomic E-state index is 13.3. The molecule has 4 amide bonds. The number of nitrogens with one attached hydrogen (secondary N) is 4. The second-order valence-electron chi connectivity index (χ2n) is 12.0. The van der Waals surface area contributed by atoms with Crippen LogP contribution in [0.2, 0.25) is 0 Å². The van der Waals surface area contributed by atoms with Crippen LogP contribution < -0.4 is 26.1 Å². The average molecular weight is 642 g/mol. The van der Waals surface area contributed by atoms with Gasteiger partial charge in [0.05, 0.1) is 18.8 Å². The summed E-state index contributed by atoms with van der Waals surface area (Å²) in [5, 5.41) is 21.5. The Balaban J connectivity index is 2.29. The molecule has 5 N–H and O–H groups in total. The van der Waals surface area contributed by atoms with Crippen LogP contribution in [0.4, 0.5) is 0 Å². The largest absolute Gasteiger partial charge is 0.491 e. The molecular weight excluding hydrogens is 590 g/mol. The minimum absolute atomic E-state index is 0.164. The number of hydrogen-bond donors (Lipinski definition) is 5. The molecule has 0 heterocycles. The molecule has 0 bridgehead atoms. The van der Waals surface area contributed by atoms with Crippen LogP contribution in [-0.4, -0.2) is 78.8 Å². The molecule has 0 aliphatic carbocycles. The van der Waals surface area contributed by atoms with Crippen molar-refractivity contribution in [3.63, 3.8) is 0 Å². The summed E-state index contributed by atoms with van der Waals surface area (Å²) in [5.41, 5.74) is 4.49. The second-order valence-corrected chi connectivity index (χ2v) is 12.0. The standard InChI is InChI=1S/C34H51N5O7/c1-22(2)30(35-24(5)40)33(43)37-32(27-11-9-8-10-12-27)29(42)17-18-39(38-34(44)31(23(3)4)36-25(6)41)21-26-13-15-28(16-14-26)46-20-19-45-7/h8-16,22-23,29-32,42H,17-21H2,1-7H3,(H,35,40)(H,36,41)(H,37,43)(H,38,44). The Morgan fingerprint density at radius 1 is 0.783 bits per heavy atom. The summed E-state index contributed by atoms with van der Waals surface area (Å²) < 4.78 is 10.7. The number of aliphatic hydroxyl groups is 1. The van der Waals surface area contributed by atoms with E-state index in [1.807, 2.05) is 82.3 Å². The van der Waals surface area contributed by atoms with E-state index in [-0.39, 0.29) is 42.5 Å². The Labute approximate surface area is 272 Å². The Kier molecular flexibility index (Phi) is 16.2. The Morgan fingerprint density at radius 2 is 1.35 bits per heavy atom. The molecule has 4 unspecified atom stereocenters. The average Bonchev–Trinajstić information content (AvgIpc) is 3.00. The molecule has 12 heteroatoms. The number of nitrogens with zero attached hydrogens (tertiary/aromatic N) is 1. The number of rotatable bonds is 19. The van der Waals surface area contributed by atoms with Crippen LogP contribution >= 0.6 is 0 Å². The first-order valence-electron chi connectivity index (χ1n) is 15.7. The lowest BCUT2D eigenvalue weighted by Gasteiger charge is -2.31. The molecule has 12 nitrogen and oxygen atoms in total. The minimum Gasteiger partial charge on any atom is -0.491 e. The highest BCUT2D eigenvalue weighted by Crippen LogP contribution is 2.21. The van der Waals surface area contributed by atoms with Crippen molar-refractivity contribution >= 4 is 23.6 Å². The number of amides is 4. The molecule has 0 aromatic heterocycles. The predicted molar refractivity (Wildman–Crippen MR) is 175 cm³/mol. The Hall–Kier alpha value is -4.00. The third kappa shape index (κ3) is 13.2. The van der Waals surface area contributed by atoms with E-state index in [2.05, 4.69) is 21.4 Å². The summed E-state index contributed by atoms with van der Waals surface area (Å²) in [6.45, 7) is 11.4. The lowest BCUT2D eigenvalue weighted by Crippen LogP contribution is -2.54. The third-order valence-corrected chi connectivity index (χ3v) is 7.27. The number of methoxy groups -OCH3 is 1. The van der Waals surface area contributed by atoms with Gasteiger partial charge in [0.1, 0.15) is 24.4 Å². The van der Waals surface area contributed by atoms with E-state index in [0.29, 0.717) is 31.1 Å². The van der Waals surface area contributed by atoms with Crippen molar-refractivity contribution in [2.45, 2.75) is 78.7 Å². The van der Waals surface area contributed by atoms with Gasteiger partial charge in [-0.3, -0.25) is 24.6 Å². The molecule has 0 radical (unpaired) electrons. The van der Waals surface area contributed by atoms with Crippen LogP contribution in [-0.2, 0) is 30.5 Å². The van der Waals surface area contributed by atoms with Gasteiger partial charge in [0.25, 0.3) is 5.91 Å². The summed E-state index contributed by atoms with van der Waals surface area (Å²) in [6, 6.07) is 14.2. The first-order chi connectivity index (χ1) is 21.8. The summed E-state index contributed by atoms with van der Waals surface area (Å²) in [7, 11) is 1.60. The molecule has 2 rings (SSSR count). The summed E-state index contributed by atoms with van der Waals surface area (Å²) in [4.78, 5) is 50.2. The van der Waals surface area contributed by atoms with Gasteiger partial charge in [-0.15, -0.1) is 0 Å². The quantitative estimate of drug-likeness (QED) is 0.116. The zero-order chi connectivity index (χ0) is 34.2. The van der Waals surface area contributed by atoms with Gasteiger partial charge in [-0.2, -0.15) is 0 Å². The SMILES string of the molecule is COCCOc1ccc(CN(CCC(O)C(NC(=O)C(NC(C)=O)C(C)C)c2ccccc2)NC(=O)C(NC(C)=O)C(C)C)cc1. The molecule has 0 aliphatic rings. The number of aliphatic hydroxyl groups excluding tert-OH is 1. The number of carbonyl (C=O) groups is 4. The highest BCUT2D eigenvalue weighted by Gasteiger charge is 2.30. The molecule has 0 fully saturated rings. The molecule has 4 atom stereocenters. The van der Waals surface area contributed by atoms with Gasteiger partial charge >= 0.3 is 0 Å². The molecular formula is C34H51N5O7. The van der Waals surface area contributed by atoms with Gasteiger partial charge in [-0.1, -0.05) is 70.2 Å². The number of hydrogen-bond acceptors (Lipinski definition) is 8. The van der Waals surface area contributed by atoms with Crippen molar-refractivity contribution in [3.05, 3.63) is 65.7 Å². The number of carbonyl (C=O) groups excluding carboxylic acids is 4. The van der Waals surface area contributed by atoms with Gasteiger partial charge < -0.3 is 30.5 Å². The molecule has 2 aromatic carbocycles. The zero-order valence-electron chi connectivity index (χ0n) is 28.0. The van der Waals surface area contributed by atoms with E-state index in [0.717, 1.165) is 5.56 Å². The topological polar surface area (TPSA) is 158 Å². The van der Waals surface area contributed by atoms with Crippen LogP contribution in [0.25, 0.3) is 0 Å². The fourth-order valence-corrected chi connectivity index (χ4v) is 4.82. The van der Waals surface area contributed by atoms with E-state index in [9.17, 15) is 24.3 Å². The first-order valence-corrected chi connectivity index (χ1v) is 15.7. The van der Waals surface area contributed by atoms with E-state index in [1.165, 1.54) is 13.8 Å². The third-order valence-electron chi connectivity index (χ3n) is 7.27. The van der Waals surface area contributed by atoms with Crippen molar-refractivity contribution < 1.29 is 33.8 Å². The molecule has 0 aliphatic heterocycles. The summed E-state index contributed by atoms with van der Waals surface area (Å²) >= 11 is 0. The molecule has 2 aromatic rings. The predicted octanol–water partition coefficient (Wildman–Crippen LogP) is 2.47. The maximum absolute atomic E-state index is 13.3. The van der Waals surface area contributed by atoms with Crippen molar-refractivity contribution in [2.75, 3.05) is 26.9 Å². The van der Waals surface area contributed by atoms with Crippen LogP contribution in [0.15, 0.2) is 54.6 Å². The lowest BCUT2D eigenvalue weighted by molar-refractivity contribution is -0.133. The fraction of sp³-hybridized carbons (Fsp3) is 0.529. The Morgan fingerprint density at radius 3 is 1.87 bits per heavy atom. The second kappa shape index (κ2) is 19.5. The van der Waals surface area contributed by atoms with Gasteiger partial charge in [-0.05, 0) is 41.5 Å². The van der Waals surface area contributed by atoms with Gasteiger partial charge in [0.2, 0.25) is 17.7 Å².